The van der Waals surface area contributed by atoms with Crippen LogP contribution < -0.4 is 10.1 Å². The molecule has 0 aromatic heterocycles. The number of halogens is 1. The summed E-state index contributed by atoms with van der Waals surface area (Å²) in [6.07, 6.45) is 2.53. The topological polar surface area (TPSA) is 46.1 Å². The molecule has 1 aromatic carbocycles. The molecule has 0 radical (unpaired) electrons. The molecule has 1 aromatic rings. The summed E-state index contributed by atoms with van der Waals surface area (Å²) in [4.78, 5) is 6.75. The van der Waals surface area contributed by atoms with E-state index in [0.29, 0.717) is 12.7 Å². The van der Waals surface area contributed by atoms with Gasteiger partial charge in [-0.1, -0.05) is 12.1 Å². The maximum Gasteiger partial charge on any atom is 0.193 e. The van der Waals surface area contributed by atoms with Crippen LogP contribution in [0, 0.1) is 6.92 Å². The van der Waals surface area contributed by atoms with Crippen molar-refractivity contribution in [1.29, 1.82) is 0 Å². The Kier molecular flexibility index (Phi) is 10.2. The van der Waals surface area contributed by atoms with Crippen LogP contribution in [0.15, 0.2) is 23.2 Å². The third kappa shape index (κ3) is 6.66. The van der Waals surface area contributed by atoms with Crippen LogP contribution in [0.4, 0.5) is 0 Å². The molecule has 1 aliphatic rings. The Morgan fingerprint density at radius 3 is 2.52 bits per heavy atom. The predicted molar refractivity (Wildman–Crippen MR) is 114 cm³/mol. The maximum absolute atomic E-state index is 5.72. The zero-order chi connectivity index (χ0) is 17.4. The zero-order valence-electron chi connectivity index (χ0n) is 15.9. The van der Waals surface area contributed by atoms with Crippen molar-refractivity contribution in [2.75, 3.05) is 33.4 Å². The Morgan fingerprint density at radius 2 is 1.96 bits per heavy atom. The highest BCUT2D eigenvalue weighted by Crippen LogP contribution is 2.19. The Balaban J connectivity index is 0.00000312. The van der Waals surface area contributed by atoms with Gasteiger partial charge >= 0.3 is 0 Å². The van der Waals surface area contributed by atoms with Gasteiger partial charge in [-0.3, -0.25) is 4.99 Å². The van der Waals surface area contributed by atoms with Crippen LogP contribution in [0.3, 0.4) is 0 Å². The second kappa shape index (κ2) is 11.6. The molecule has 0 aliphatic carbocycles. The van der Waals surface area contributed by atoms with Crippen molar-refractivity contribution in [3.05, 3.63) is 29.3 Å². The van der Waals surface area contributed by atoms with E-state index >= 15 is 0 Å². The Hall–Kier alpha value is -1.02. The molecule has 2 rings (SSSR count). The summed E-state index contributed by atoms with van der Waals surface area (Å²) in [5.41, 5.74) is 2.41. The molecule has 1 N–H and O–H groups in total. The number of nitrogens with one attached hydrogen (secondary N) is 1. The van der Waals surface area contributed by atoms with Crippen LogP contribution >= 0.6 is 24.0 Å². The first-order chi connectivity index (χ1) is 11.7. The van der Waals surface area contributed by atoms with Gasteiger partial charge in [0.2, 0.25) is 0 Å². The average Bonchev–Trinajstić information content (AvgIpc) is 2.59. The molecule has 0 unspecified atom stereocenters. The summed E-state index contributed by atoms with van der Waals surface area (Å²) < 4.78 is 11.3. The van der Waals surface area contributed by atoms with Crippen LogP contribution in [0.2, 0.25) is 0 Å². The van der Waals surface area contributed by atoms with Crippen LogP contribution in [0.25, 0.3) is 0 Å². The van der Waals surface area contributed by atoms with Crippen LogP contribution in [-0.2, 0) is 11.3 Å². The number of piperidine rings is 1. The van der Waals surface area contributed by atoms with Crippen molar-refractivity contribution in [1.82, 2.24) is 10.2 Å². The Bertz CT molecular complexity index is 543. The van der Waals surface area contributed by atoms with E-state index < -0.39 is 0 Å². The fourth-order valence-corrected chi connectivity index (χ4v) is 3.12. The lowest BCUT2D eigenvalue weighted by Gasteiger charge is -2.34. The van der Waals surface area contributed by atoms with E-state index in [1.165, 1.54) is 11.1 Å². The molecule has 6 heteroatoms. The van der Waals surface area contributed by atoms with E-state index in [2.05, 4.69) is 41.2 Å². The predicted octanol–water partition coefficient (Wildman–Crippen LogP) is 3.59. The van der Waals surface area contributed by atoms with E-state index in [-0.39, 0.29) is 24.0 Å². The number of hydrogen-bond donors (Lipinski definition) is 1. The van der Waals surface area contributed by atoms with Gasteiger partial charge in [-0.25, -0.2) is 0 Å². The highest BCUT2D eigenvalue weighted by atomic mass is 127. The number of hydrogen-bond acceptors (Lipinski definition) is 3. The van der Waals surface area contributed by atoms with Crippen molar-refractivity contribution in [3.63, 3.8) is 0 Å². The van der Waals surface area contributed by atoms with Crippen LogP contribution in [-0.4, -0.2) is 50.3 Å². The summed E-state index contributed by atoms with van der Waals surface area (Å²) in [5, 5.41) is 3.48. The molecular formula is C19H32IN3O2. The van der Waals surface area contributed by atoms with Crippen molar-refractivity contribution >= 4 is 29.9 Å². The van der Waals surface area contributed by atoms with Gasteiger partial charge < -0.3 is 19.7 Å². The number of aliphatic imine (C=N–C) groups is 1. The van der Waals surface area contributed by atoms with Gasteiger partial charge in [-0.05, 0) is 50.8 Å². The number of nitrogens with zero attached hydrogens (tertiary/aromatic N) is 2. The SMILES string of the molecule is CCOc1ccc(CNC(=NC)N2CCC(OCC)CC2)cc1C.I. The molecule has 5 nitrogen and oxygen atoms in total. The molecule has 0 spiro atoms. The first kappa shape index (κ1) is 22.0. The first-order valence-corrected chi connectivity index (χ1v) is 8.97. The number of aryl methyl sites for hydroxylation is 1. The molecule has 25 heavy (non-hydrogen) atoms. The maximum atomic E-state index is 5.72. The van der Waals surface area contributed by atoms with Crippen molar-refractivity contribution in [3.8, 4) is 5.75 Å². The Morgan fingerprint density at radius 1 is 1.24 bits per heavy atom. The molecule has 142 valence electrons. The highest BCUT2D eigenvalue weighted by molar-refractivity contribution is 14.0. The fourth-order valence-electron chi connectivity index (χ4n) is 3.12. The quantitative estimate of drug-likeness (QED) is 0.400. The van der Waals surface area contributed by atoms with Crippen molar-refractivity contribution in [2.24, 2.45) is 4.99 Å². The molecule has 1 heterocycles. The number of likely N-dealkylation sites (tertiary alicyclic amines) is 1. The van der Waals surface area contributed by atoms with Crippen LogP contribution in [0.5, 0.6) is 5.75 Å². The standard InChI is InChI=1S/C19H31N3O2.HI/c1-5-23-17-9-11-22(12-10-17)19(20-4)21-14-16-7-8-18(24-6-2)15(3)13-16;/h7-8,13,17H,5-6,9-12,14H2,1-4H3,(H,20,21);1H. The van der Waals surface area contributed by atoms with E-state index in [1.807, 2.05) is 20.0 Å². The average molecular weight is 461 g/mol. The molecule has 0 saturated carbocycles. The third-order valence-corrected chi connectivity index (χ3v) is 4.35. The van der Waals surface area contributed by atoms with Gasteiger partial charge in [-0.2, -0.15) is 0 Å². The van der Waals surface area contributed by atoms with Gasteiger partial charge in [-0.15, -0.1) is 24.0 Å². The van der Waals surface area contributed by atoms with E-state index in [4.69, 9.17) is 9.47 Å². The largest absolute Gasteiger partial charge is 0.494 e. The second-order valence-electron chi connectivity index (χ2n) is 6.08. The summed E-state index contributed by atoms with van der Waals surface area (Å²) in [6, 6.07) is 6.33. The minimum atomic E-state index is 0. The second-order valence-corrected chi connectivity index (χ2v) is 6.08. The summed E-state index contributed by atoms with van der Waals surface area (Å²) in [7, 11) is 1.85. The smallest absolute Gasteiger partial charge is 0.193 e. The van der Waals surface area contributed by atoms with Crippen molar-refractivity contribution < 1.29 is 9.47 Å². The van der Waals surface area contributed by atoms with Gasteiger partial charge in [0.15, 0.2) is 5.96 Å². The number of benzene rings is 1. The summed E-state index contributed by atoms with van der Waals surface area (Å²) >= 11 is 0. The summed E-state index contributed by atoms with van der Waals surface area (Å²) in [5.74, 6) is 1.93. The first-order valence-electron chi connectivity index (χ1n) is 8.97. The van der Waals surface area contributed by atoms with Crippen LogP contribution in [0.1, 0.15) is 37.8 Å². The Labute approximate surface area is 169 Å². The van der Waals surface area contributed by atoms with E-state index in [1.54, 1.807) is 0 Å². The number of guanidine groups is 1. The normalized spacial score (nSPS) is 15.7. The third-order valence-electron chi connectivity index (χ3n) is 4.35. The van der Waals surface area contributed by atoms with Gasteiger partial charge in [0, 0.05) is 33.3 Å². The monoisotopic (exact) mass is 461 g/mol. The van der Waals surface area contributed by atoms with Gasteiger partial charge in [0.1, 0.15) is 5.75 Å². The van der Waals surface area contributed by atoms with E-state index in [9.17, 15) is 0 Å². The van der Waals surface area contributed by atoms with Gasteiger partial charge in [0.05, 0.1) is 12.7 Å². The fraction of sp³-hybridized carbons (Fsp3) is 0.632. The van der Waals surface area contributed by atoms with Crippen molar-refractivity contribution in [2.45, 2.75) is 46.3 Å². The minimum absolute atomic E-state index is 0. The molecule has 1 aliphatic heterocycles. The molecule has 0 bridgehead atoms. The summed E-state index contributed by atoms with van der Waals surface area (Å²) in [6.45, 7) is 10.4. The molecule has 1 fully saturated rings. The zero-order valence-corrected chi connectivity index (χ0v) is 18.2. The highest BCUT2D eigenvalue weighted by Gasteiger charge is 2.21. The number of ether oxygens (including phenoxy) is 2. The van der Waals surface area contributed by atoms with Gasteiger partial charge in [0.25, 0.3) is 0 Å². The molecule has 0 amide bonds. The lowest BCUT2D eigenvalue weighted by molar-refractivity contribution is 0.0263. The molecule has 1 saturated heterocycles. The lowest BCUT2D eigenvalue weighted by Crippen LogP contribution is -2.46. The lowest BCUT2D eigenvalue weighted by atomic mass is 10.1. The molecular weight excluding hydrogens is 429 g/mol. The minimum Gasteiger partial charge on any atom is -0.494 e. The molecule has 0 atom stereocenters. The number of rotatable bonds is 6. The van der Waals surface area contributed by atoms with E-state index in [0.717, 1.165) is 50.8 Å².